The Morgan fingerprint density at radius 1 is 1.17 bits per heavy atom. The van der Waals surface area contributed by atoms with Gasteiger partial charge in [-0.3, -0.25) is 4.98 Å². The second kappa shape index (κ2) is 6.61. The van der Waals surface area contributed by atoms with E-state index in [1.54, 1.807) is 12.4 Å². The van der Waals surface area contributed by atoms with E-state index in [0.29, 0.717) is 6.61 Å². The van der Waals surface area contributed by atoms with Gasteiger partial charge in [-0.25, -0.2) is 0 Å². The van der Waals surface area contributed by atoms with Gasteiger partial charge in [0.2, 0.25) is 0 Å². The minimum Gasteiger partial charge on any atom is -0.491 e. The second-order valence-electron chi connectivity index (χ2n) is 3.81. The lowest BCUT2D eigenvalue weighted by Gasteiger charge is -2.07. The van der Waals surface area contributed by atoms with Crippen molar-refractivity contribution in [1.29, 1.82) is 0 Å². The summed E-state index contributed by atoms with van der Waals surface area (Å²) in [4.78, 5) is 4.04. The summed E-state index contributed by atoms with van der Waals surface area (Å²) in [5.41, 5.74) is 2.16. The summed E-state index contributed by atoms with van der Waals surface area (Å²) >= 11 is 0. The zero-order valence-corrected chi connectivity index (χ0v) is 10.0. The van der Waals surface area contributed by atoms with Crippen LogP contribution in [0, 0.1) is 0 Å². The number of nitrogens with one attached hydrogen (secondary N) is 1. The molecular formula is C14H16N2O2. The van der Waals surface area contributed by atoms with Crippen molar-refractivity contribution in [2.75, 3.05) is 18.5 Å². The van der Waals surface area contributed by atoms with Crippen LogP contribution < -0.4 is 10.1 Å². The number of aliphatic hydroxyl groups excluding tert-OH is 1. The summed E-state index contributed by atoms with van der Waals surface area (Å²) in [5.74, 6) is 0.772. The van der Waals surface area contributed by atoms with Gasteiger partial charge in [0.25, 0.3) is 0 Å². The van der Waals surface area contributed by atoms with Gasteiger partial charge in [0.05, 0.1) is 12.3 Å². The van der Waals surface area contributed by atoms with Crippen LogP contribution in [0.1, 0.15) is 5.56 Å². The SMILES string of the molecule is OCCOc1ccc(CNc2cccnc2)cc1. The summed E-state index contributed by atoms with van der Waals surface area (Å²) in [6, 6.07) is 11.7. The second-order valence-corrected chi connectivity index (χ2v) is 3.81. The molecule has 0 unspecified atom stereocenters. The molecule has 2 N–H and O–H groups in total. The van der Waals surface area contributed by atoms with E-state index in [9.17, 15) is 0 Å². The minimum atomic E-state index is 0.0321. The quantitative estimate of drug-likeness (QED) is 0.816. The molecule has 0 saturated carbocycles. The molecule has 0 spiro atoms. The summed E-state index contributed by atoms with van der Waals surface area (Å²) < 4.78 is 5.29. The topological polar surface area (TPSA) is 54.4 Å². The Morgan fingerprint density at radius 2 is 2.00 bits per heavy atom. The first-order chi connectivity index (χ1) is 8.88. The predicted octanol–water partition coefficient (Wildman–Crippen LogP) is 2.06. The number of aromatic nitrogens is 1. The van der Waals surface area contributed by atoms with Crippen LogP contribution in [0.3, 0.4) is 0 Å². The van der Waals surface area contributed by atoms with Crippen molar-refractivity contribution in [2.24, 2.45) is 0 Å². The highest BCUT2D eigenvalue weighted by atomic mass is 16.5. The van der Waals surface area contributed by atoms with E-state index < -0.39 is 0 Å². The van der Waals surface area contributed by atoms with Crippen LogP contribution in [0.2, 0.25) is 0 Å². The van der Waals surface area contributed by atoms with E-state index >= 15 is 0 Å². The maximum atomic E-state index is 8.65. The first-order valence-electron chi connectivity index (χ1n) is 5.85. The zero-order valence-electron chi connectivity index (χ0n) is 10.0. The van der Waals surface area contributed by atoms with Gasteiger partial charge in [0.15, 0.2) is 0 Å². The number of pyridine rings is 1. The largest absolute Gasteiger partial charge is 0.491 e. The Hall–Kier alpha value is -2.07. The molecule has 18 heavy (non-hydrogen) atoms. The third-order valence-corrected chi connectivity index (χ3v) is 2.44. The van der Waals surface area contributed by atoms with E-state index in [2.05, 4.69) is 10.3 Å². The summed E-state index contributed by atoms with van der Waals surface area (Å²) in [6.45, 7) is 1.10. The molecule has 1 aromatic heterocycles. The molecular weight excluding hydrogens is 228 g/mol. The fourth-order valence-corrected chi connectivity index (χ4v) is 1.54. The van der Waals surface area contributed by atoms with Crippen molar-refractivity contribution in [3.63, 3.8) is 0 Å². The van der Waals surface area contributed by atoms with Crippen LogP contribution in [0.5, 0.6) is 5.75 Å². The summed E-state index contributed by atoms with van der Waals surface area (Å²) in [7, 11) is 0. The minimum absolute atomic E-state index is 0.0321. The van der Waals surface area contributed by atoms with Crippen molar-refractivity contribution in [2.45, 2.75) is 6.54 Å². The molecule has 0 saturated heterocycles. The Kier molecular flexibility index (Phi) is 4.55. The highest BCUT2D eigenvalue weighted by Gasteiger charge is 1.96. The fourth-order valence-electron chi connectivity index (χ4n) is 1.54. The van der Waals surface area contributed by atoms with Gasteiger partial charge in [0, 0.05) is 18.9 Å². The Labute approximate surface area is 106 Å². The molecule has 0 bridgehead atoms. The summed E-state index contributed by atoms with van der Waals surface area (Å²) in [6.07, 6.45) is 3.54. The first-order valence-corrected chi connectivity index (χ1v) is 5.85. The van der Waals surface area contributed by atoms with E-state index in [4.69, 9.17) is 9.84 Å². The average molecular weight is 244 g/mol. The van der Waals surface area contributed by atoms with Crippen LogP contribution >= 0.6 is 0 Å². The number of hydrogen-bond donors (Lipinski definition) is 2. The number of rotatable bonds is 6. The molecule has 0 amide bonds. The van der Waals surface area contributed by atoms with Gasteiger partial charge in [0.1, 0.15) is 12.4 Å². The van der Waals surface area contributed by atoms with Crippen LogP contribution in [0.25, 0.3) is 0 Å². The Morgan fingerprint density at radius 3 is 2.67 bits per heavy atom. The van der Waals surface area contributed by atoms with Crippen molar-refractivity contribution in [1.82, 2.24) is 4.98 Å². The maximum absolute atomic E-state index is 8.65. The van der Waals surface area contributed by atoms with Gasteiger partial charge in [-0.15, -0.1) is 0 Å². The van der Waals surface area contributed by atoms with Crippen LogP contribution in [-0.2, 0) is 6.54 Å². The highest BCUT2D eigenvalue weighted by molar-refractivity contribution is 5.41. The molecule has 1 aromatic carbocycles. The van der Waals surface area contributed by atoms with Crippen molar-refractivity contribution in [3.05, 3.63) is 54.4 Å². The monoisotopic (exact) mass is 244 g/mol. The van der Waals surface area contributed by atoms with E-state index in [1.807, 2.05) is 36.4 Å². The fraction of sp³-hybridized carbons (Fsp3) is 0.214. The molecule has 4 nitrogen and oxygen atoms in total. The average Bonchev–Trinajstić information content (AvgIpc) is 2.45. The van der Waals surface area contributed by atoms with Crippen LogP contribution in [0.15, 0.2) is 48.8 Å². The molecule has 0 aliphatic rings. The van der Waals surface area contributed by atoms with Gasteiger partial charge in [-0.2, -0.15) is 0 Å². The van der Waals surface area contributed by atoms with Gasteiger partial charge in [-0.05, 0) is 29.8 Å². The lowest BCUT2D eigenvalue weighted by atomic mass is 10.2. The standard InChI is InChI=1S/C14H16N2O2/c17-8-9-18-14-5-3-12(4-6-14)10-16-13-2-1-7-15-11-13/h1-7,11,16-17H,8-10H2. The number of benzene rings is 1. The van der Waals surface area contributed by atoms with E-state index in [-0.39, 0.29) is 6.61 Å². The predicted molar refractivity (Wildman–Crippen MR) is 70.6 cm³/mol. The lowest BCUT2D eigenvalue weighted by Crippen LogP contribution is -2.02. The molecule has 0 aliphatic heterocycles. The van der Waals surface area contributed by atoms with Gasteiger partial charge < -0.3 is 15.2 Å². The van der Waals surface area contributed by atoms with E-state index in [0.717, 1.165) is 23.5 Å². The number of hydrogen-bond acceptors (Lipinski definition) is 4. The van der Waals surface area contributed by atoms with Crippen LogP contribution in [0.4, 0.5) is 5.69 Å². The Balaban J connectivity index is 1.86. The molecule has 4 heteroatoms. The number of aliphatic hydroxyl groups is 1. The van der Waals surface area contributed by atoms with Crippen LogP contribution in [-0.4, -0.2) is 23.3 Å². The molecule has 0 fully saturated rings. The normalized spacial score (nSPS) is 10.1. The number of ether oxygens (including phenoxy) is 1. The smallest absolute Gasteiger partial charge is 0.119 e. The molecule has 94 valence electrons. The van der Waals surface area contributed by atoms with Crippen molar-refractivity contribution < 1.29 is 9.84 Å². The Bertz CT molecular complexity index is 457. The number of nitrogens with zero attached hydrogens (tertiary/aromatic N) is 1. The maximum Gasteiger partial charge on any atom is 0.119 e. The van der Waals surface area contributed by atoms with Gasteiger partial charge in [-0.1, -0.05) is 12.1 Å². The van der Waals surface area contributed by atoms with Gasteiger partial charge >= 0.3 is 0 Å². The zero-order chi connectivity index (χ0) is 12.6. The first kappa shape index (κ1) is 12.4. The third-order valence-electron chi connectivity index (χ3n) is 2.44. The highest BCUT2D eigenvalue weighted by Crippen LogP contribution is 2.13. The molecule has 0 radical (unpaired) electrons. The van der Waals surface area contributed by atoms with E-state index in [1.165, 1.54) is 0 Å². The van der Waals surface area contributed by atoms with Crippen molar-refractivity contribution >= 4 is 5.69 Å². The van der Waals surface area contributed by atoms with Crippen molar-refractivity contribution in [3.8, 4) is 5.75 Å². The lowest BCUT2D eigenvalue weighted by molar-refractivity contribution is 0.201. The molecule has 2 aromatic rings. The molecule has 0 aliphatic carbocycles. The summed E-state index contributed by atoms with van der Waals surface area (Å²) in [5, 5.41) is 11.9. The molecule has 2 rings (SSSR count). The molecule has 1 heterocycles. The molecule has 0 atom stereocenters. The number of anilines is 1. The third kappa shape index (κ3) is 3.75.